The molecular formula is C17H34O3Si2. The summed E-state index contributed by atoms with van der Waals surface area (Å²) >= 11 is 0. The van der Waals surface area contributed by atoms with Crippen molar-refractivity contribution in [3.05, 3.63) is 0 Å². The molecule has 0 saturated carbocycles. The Morgan fingerprint density at radius 3 is 2.32 bits per heavy atom. The van der Waals surface area contributed by atoms with Gasteiger partial charge in [-0.05, 0) is 18.1 Å². The zero-order valence-corrected chi connectivity index (χ0v) is 17.7. The third-order valence-corrected chi connectivity index (χ3v) is 9.92. The van der Waals surface area contributed by atoms with Crippen LogP contribution >= 0.6 is 0 Å². The second kappa shape index (κ2) is 6.78. The molecular weight excluding hydrogens is 308 g/mol. The summed E-state index contributed by atoms with van der Waals surface area (Å²) in [7, 11) is -3.24. The van der Waals surface area contributed by atoms with Crippen molar-refractivity contribution in [1.29, 1.82) is 0 Å². The predicted molar refractivity (Wildman–Crippen MR) is 98.2 cm³/mol. The third kappa shape index (κ3) is 6.17. The van der Waals surface area contributed by atoms with E-state index in [2.05, 4.69) is 65.0 Å². The molecule has 1 N–H and O–H groups in total. The molecule has 0 aliphatic carbocycles. The van der Waals surface area contributed by atoms with Gasteiger partial charge in [0.1, 0.15) is 13.7 Å². The van der Waals surface area contributed by atoms with Gasteiger partial charge in [0.2, 0.25) is 0 Å². The van der Waals surface area contributed by atoms with Crippen molar-refractivity contribution in [1.82, 2.24) is 0 Å². The molecule has 1 aliphatic rings. The molecule has 22 heavy (non-hydrogen) atoms. The molecule has 2 unspecified atom stereocenters. The highest BCUT2D eigenvalue weighted by atomic mass is 28.4. The lowest BCUT2D eigenvalue weighted by Gasteiger charge is -2.39. The minimum Gasteiger partial charge on any atom is -0.414 e. The minimum absolute atomic E-state index is 0.0520. The zero-order valence-electron chi connectivity index (χ0n) is 15.7. The van der Waals surface area contributed by atoms with Crippen molar-refractivity contribution in [2.75, 3.05) is 13.2 Å². The summed E-state index contributed by atoms with van der Waals surface area (Å²) in [5, 5.41) is 10.9. The van der Waals surface area contributed by atoms with Gasteiger partial charge in [-0.1, -0.05) is 46.3 Å². The molecule has 0 aromatic rings. The Hall–Kier alpha value is -0.126. The average molecular weight is 343 g/mol. The second-order valence-electron chi connectivity index (χ2n) is 9.05. The van der Waals surface area contributed by atoms with E-state index < -0.39 is 22.0 Å². The summed E-state index contributed by atoms with van der Waals surface area (Å²) in [4.78, 5) is 0. The Morgan fingerprint density at radius 2 is 1.82 bits per heavy atom. The molecule has 1 rings (SSSR count). The van der Waals surface area contributed by atoms with Gasteiger partial charge in [0.05, 0.1) is 19.3 Å². The quantitative estimate of drug-likeness (QED) is 0.626. The highest BCUT2D eigenvalue weighted by Gasteiger charge is 2.39. The third-order valence-electron chi connectivity index (χ3n) is 4.54. The summed E-state index contributed by atoms with van der Waals surface area (Å²) in [5.41, 5.74) is 2.40. The smallest absolute Gasteiger partial charge is 0.192 e. The summed E-state index contributed by atoms with van der Waals surface area (Å²) in [6.45, 7) is 18.9. The second-order valence-corrected chi connectivity index (χ2v) is 18.6. The summed E-state index contributed by atoms with van der Waals surface area (Å²) < 4.78 is 12.0. The van der Waals surface area contributed by atoms with E-state index in [1.165, 1.54) is 0 Å². The van der Waals surface area contributed by atoms with Gasteiger partial charge < -0.3 is 14.3 Å². The van der Waals surface area contributed by atoms with Gasteiger partial charge in [0.25, 0.3) is 0 Å². The number of hydrogen-bond acceptors (Lipinski definition) is 3. The van der Waals surface area contributed by atoms with Gasteiger partial charge in [0, 0.05) is 12.8 Å². The van der Waals surface area contributed by atoms with Crippen molar-refractivity contribution in [2.45, 2.75) is 83.1 Å². The molecule has 3 nitrogen and oxygen atoms in total. The van der Waals surface area contributed by atoms with Crippen molar-refractivity contribution in [3.63, 3.8) is 0 Å². The summed E-state index contributed by atoms with van der Waals surface area (Å²) in [6.07, 6.45) is 1.10. The maximum absolute atomic E-state index is 10.7. The van der Waals surface area contributed by atoms with Gasteiger partial charge in [-0.3, -0.25) is 0 Å². The van der Waals surface area contributed by atoms with Crippen LogP contribution in [0, 0.1) is 11.5 Å². The summed E-state index contributed by atoms with van der Waals surface area (Å²) in [6, 6.07) is 0. The molecule has 5 heteroatoms. The molecule has 1 fully saturated rings. The highest BCUT2D eigenvalue weighted by Crippen LogP contribution is 2.37. The fourth-order valence-electron chi connectivity index (χ4n) is 1.97. The van der Waals surface area contributed by atoms with E-state index in [1.807, 2.05) is 0 Å². The van der Waals surface area contributed by atoms with Crippen LogP contribution in [0.5, 0.6) is 0 Å². The normalized spacial score (nSPS) is 27.2. The Balaban J connectivity index is 2.66. The first kappa shape index (κ1) is 19.9. The molecule has 0 radical (unpaired) electrons. The highest BCUT2D eigenvalue weighted by molar-refractivity contribution is 6.83. The van der Waals surface area contributed by atoms with Crippen molar-refractivity contribution >= 4 is 16.4 Å². The Kier molecular flexibility index (Phi) is 6.14. The molecule has 1 aliphatic heterocycles. The largest absolute Gasteiger partial charge is 0.414 e. The fourth-order valence-corrected chi connectivity index (χ4v) is 3.62. The van der Waals surface area contributed by atoms with E-state index in [-0.39, 0.29) is 11.1 Å². The number of aliphatic hydroxyl groups is 1. The first-order chi connectivity index (χ1) is 9.74. The van der Waals surface area contributed by atoms with Gasteiger partial charge >= 0.3 is 0 Å². The molecule has 1 saturated heterocycles. The monoisotopic (exact) mass is 342 g/mol. The van der Waals surface area contributed by atoms with E-state index in [1.54, 1.807) is 0 Å². The van der Waals surface area contributed by atoms with Crippen LogP contribution in [0.25, 0.3) is 0 Å². The predicted octanol–water partition coefficient (Wildman–Crippen LogP) is 3.80. The van der Waals surface area contributed by atoms with Crippen molar-refractivity contribution < 1.29 is 14.3 Å². The zero-order chi connectivity index (χ0) is 17.2. The van der Waals surface area contributed by atoms with E-state index in [4.69, 9.17) is 9.16 Å². The summed E-state index contributed by atoms with van der Waals surface area (Å²) in [5.74, 6) is 3.14. The van der Waals surface area contributed by atoms with Crippen LogP contribution in [0.1, 0.15) is 33.6 Å². The van der Waals surface area contributed by atoms with Gasteiger partial charge in [-0.2, -0.15) is 0 Å². The van der Waals surface area contributed by atoms with Crippen LogP contribution in [0.4, 0.5) is 0 Å². The number of hydrogen-bond donors (Lipinski definition) is 1. The van der Waals surface area contributed by atoms with Crippen LogP contribution < -0.4 is 0 Å². The maximum atomic E-state index is 10.7. The Morgan fingerprint density at radius 1 is 1.23 bits per heavy atom. The van der Waals surface area contributed by atoms with E-state index in [0.717, 1.165) is 0 Å². The lowest BCUT2D eigenvalue weighted by atomic mass is 9.91. The standard InChI is InChI=1S/C17H34O3Si2/c1-16(2,3)22(7,8)20-14-15-13-17(18,9-11-19-15)10-12-21(4,5)6/h15,18H,9,11,13-14H2,1-8H3. The van der Waals surface area contributed by atoms with E-state index >= 15 is 0 Å². The topological polar surface area (TPSA) is 38.7 Å². The fraction of sp³-hybridized carbons (Fsp3) is 0.882. The van der Waals surface area contributed by atoms with E-state index in [0.29, 0.717) is 26.1 Å². The van der Waals surface area contributed by atoms with Gasteiger partial charge in [-0.25, -0.2) is 0 Å². The lowest BCUT2D eigenvalue weighted by molar-refractivity contribution is -0.0886. The number of rotatable bonds is 3. The lowest BCUT2D eigenvalue weighted by Crippen LogP contribution is -2.46. The maximum Gasteiger partial charge on any atom is 0.192 e. The van der Waals surface area contributed by atoms with Crippen LogP contribution in [-0.2, 0) is 9.16 Å². The van der Waals surface area contributed by atoms with Crippen LogP contribution in [0.15, 0.2) is 0 Å². The van der Waals surface area contributed by atoms with Crippen molar-refractivity contribution in [3.8, 4) is 11.5 Å². The molecule has 0 bridgehead atoms. The van der Waals surface area contributed by atoms with Crippen molar-refractivity contribution in [2.24, 2.45) is 0 Å². The number of ether oxygens (including phenoxy) is 1. The van der Waals surface area contributed by atoms with Crippen LogP contribution in [0.3, 0.4) is 0 Å². The first-order valence-electron chi connectivity index (χ1n) is 8.26. The molecule has 0 aromatic carbocycles. The first-order valence-corrected chi connectivity index (χ1v) is 14.7. The Bertz CT molecular complexity index is 438. The molecule has 0 aromatic heterocycles. The molecule has 0 amide bonds. The van der Waals surface area contributed by atoms with Crippen LogP contribution in [-0.4, -0.2) is 46.4 Å². The van der Waals surface area contributed by atoms with Gasteiger partial charge in [-0.15, -0.1) is 5.54 Å². The molecule has 1 heterocycles. The minimum atomic E-state index is -1.77. The molecule has 128 valence electrons. The van der Waals surface area contributed by atoms with Gasteiger partial charge in [0.15, 0.2) is 8.32 Å². The molecule has 0 spiro atoms. The Labute approximate surface area is 138 Å². The average Bonchev–Trinajstić information content (AvgIpc) is 2.32. The SMILES string of the molecule is CC(C)(C)[Si](C)(C)OCC1CC(O)(C#C[Si](C)(C)C)CCO1. The molecule has 2 atom stereocenters. The van der Waals surface area contributed by atoms with E-state index in [9.17, 15) is 5.11 Å². The van der Waals surface area contributed by atoms with Crippen LogP contribution in [0.2, 0.25) is 37.8 Å².